The summed E-state index contributed by atoms with van der Waals surface area (Å²) in [7, 11) is 2.03. The summed E-state index contributed by atoms with van der Waals surface area (Å²) < 4.78 is 2.10. The summed E-state index contributed by atoms with van der Waals surface area (Å²) in [5, 5.41) is 3.03. The SMILES string of the molecule is Cn1c(CCNC(=O)CCCN2Cc3ccccc3C2)nc2ccccc21. The topological polar surface area (TPSA) is 50.2 Å². The molecule has 0 atom stereocenters. The Labute approximate surface area is 160 Å². The third-order valence-corrected chi connectivity index (χ3v) is 5.34. The summed E-state index contributed by atoms with van der Waals surface area (Å²) in [6, 6.07) is 16.7. The maximum Gasteiger partial charge on any atom is 0.220 e. The molecule has 0 saturated heterocycles. The maximum absolute atomic E-state index is 12.1. The van der Waals surface area contributed by atoms with E-state index in [2.05, 4.69) is 50.1 Å². The van der Waals surface area contributed by atoms with Crippen LogP contribution in [0.25, 0.3) is 11.0 Å². The molecule has 27 heavy (non-hydrogen) atoms. The summed E-state index contributed by atoms with van der Waals surface area (Å²) in [5.41, 5.74) is 4.98. The van der Waals surface area contributed by atoms with E-state index in [-0.39, 0.29) is 5.91 Å². The van der Waals surface area contributed by atoms with Gasteiger partial charge in [0.1, 0.15) is 5.82 Å². The first-order valence-electron chi connectivity index (χ1n) is 9.67. The van der Waals surface area contributed by atoms with E-state index < -0.39 is 0 Å². The normalized spacial score (nSPS) is 13.8. The molecule has 0 radical (unpaired) electrons. The molecule has 0 aliphatic carbocycles. The van der Waals surface area contributed by atoms with Crippen LogP contribution in [0.15, 0.2) is 48.5 Å². The number of imidazole rings is 1. The number of carbonyl (C=O) groups is 1. The first-order chi connectivity index (χ1) is 13.2. The number of aromatic nitrogens is 2. The number of nitrogens with zero attached hydrogens (tertiary/aromatic N) is 3. The number of hydrogen-bond acceptors (Lipinski definition) is 3. The van der Waals surface area contributed by atoms with Crippen molar-refractivity contribution in [2.75, 3.05) is 13.1 Å². The van der Waals surface area contributed by atoms with Crippen molar-refractivity contribution in [3.63, 3.8) is 0 Å². The zero-order chi connectivity index (χ0) is 18.6. The first kappa shape index (κ1) is 17.7. The zero-order valence-electron chi connectivity index (χ0n) is 15.8. The molecule has 4 rings (SSSR count). The van der Waals surface area contributed by atoms with Crippen LogP contribution in [0.3, 0.4) is 0 Å². The maximum atomic E-state index is 12.1. The van der Waals surface area contributed by atoms with Gasteiger partial charge < -0.3 is 9.88 Å². The summed E-state index contributed by atoms with van der Waals surface area (Å²) in [6.07, 6.45) is 2.22. The van der Waals surface area contributed by atoms with Crippen molar-refractivity contribution in [2.45, 2.75) is 32.4 Å². The third kappa shape index (κ3) is 4.03. The highest BCUT2D eigenvalue weighted by atomic mass is 16.1. The van der Waals surface area contributed by atoms with Gasteiger partial charge in [-0.1, -0.05) is 36.4 Å². The van der Waals surface area contributed by atoms with Gasteiger partial charge in [0.05, 0.1) is 11.0 Å². The molecule has 2 aromatic carbocycles. The Morgan fingerprint density at radius 2 is 1.78 bits per heavy atom. The van der Waals surface area contributed by atoms with Crippen molar-refractivity contribution < 1.29 is 4.79 Å². The molecule has 140 valence electrons. The Balaban J connectivity index is 1.18. The number of hydrogen-bond donors (Lipinski definition) is 1. The molecule has 1 aromatic heterocycles. The fraction of sp³-hybridized carbons (Fsp3) is 0.364. The van der Waals surface area contributed by atoms with E-state index in [0.29, 0.717) is 13.0 Å². The highest BCUT2D eigenvalue weighted by Crippen LogP contribution is 2.22. The van der Waals surface area contributed by atoms with E-state index >= 15 is 0 Å². The van der Waals surface area contributed by atoms with E-state index in [1.165, 1.54) is 11.1 Å². The number of benzene rings is 2. The monoisotopic (exact) mass is 362 g/mol. The fourth-order valence-corrected chi connectivity index (χ4v) is 3.85. The Kier molecular flexibility index (Phi) is 5.21. The lowest BCUT2D eigenvalue weighted by atomic mass is 10.1. The molecule has 0 unspecified atom stereocenters. The Morgan fingerprint density at radius 3 is 2.52 bits per heavy atom. The molecule has 0 saturated carbocycles. The molecule has 1 aliphatic heterocycles. The van der Waals surface area contributed by atoms with Gasteiger partial charge in [-0.2, -0.15) is 0 Å². The lowest BCUT2D eigenvalue weighted by Crippen LogP contribution is -2.27. The number of nitrogens with one attached hydrogen (secondary N) is 1. The number of carbonyl (C=O) groups excluding carboxylic acids is 1. The van der Waals surface area contributed by atoms with Crippen LogP contribution in [0.5, 0.6) is 0 Å². The standard InChI is InChI=1S/C22H26N4O/c1-25-20-10-5-4-9-19(20)24-21(25)12-13-23-22(27)11-6-14-26-15-17-7-2-3-8-18(17)16-26/h2-5,7-10H,6,11-16H2,1H3,(H,23,27). The molecule has 0 bridgehead atoms. The van der Waals surface area contributed by atoms with Gasteiger partial charge >= 0.3 is 0 Å². The van der Waals surface area contributed by atoms with Crippen LogP contribution in [0.2, 0.25) is 0 Å². The van der Waals surface area contributed by atoms with Gasteiger partial charge in [0.15, 0.2) is 0 Å². The van der Waals surface area contributed by atoms with Crippen LogP contribution in [0.4, 0.5) is 0 Å². The van der Waals surface area contributed by atoms with Gasteiger partial charge in [-0.05, 0) is 36.2 Å². The number of aryl methyl sites for hydroxylation is 1. The fourth-order valence-electron chi connectivity index (χ4n) is 3.85. The van der Waals surface area contributed by atoms with E-state index in [9.17, 15) is 4.79 Å². The molecule has 5 nitrogen and oxygen atoms in total. The predicted molar refractivity (Wildman–Crippen MR) is 107 cm³/mol. The van der Waals surface area contributed by atoms with Crippen molar-refractivity contribution in [3.8, 4) is 0 Å². The second kappa shape index (κ2) is 7.92. The highest BCUT2D eigenvalue weighted by molar-refractivity contribution is 5.76. The average molecular weight is 362 g/mol. The van der Waals surface area contributed by atoms with Crippen molar-refractivity contribution in [2.24, 2.45) is 7.05 Å². The summed E-state index contributed by atoms with van der Waals surface area (Å²) in [5.74, 6) is 1.14. The van der Waals surface area contributed by atoms with Gasteiger partial charge in [0, 0.05) is 39.5 Å². The number of fused-ring (bicyclic) bond motifs is 2. The first-order valence-corrected chi connectivity index (χ1v) is 9.67. The Hall–Kier alpha value is -2.66. The van der Waals surface area contributed by atoms with E-state index in [0.717, 1.165) is 49.3 Å². The zero-order valence-corrected chi connectivity index (χ0v) is 15.8. The molecular weight excluding hydrogens is 336 g/mol. The molecule has 2 heterocycles. The summed E-state index contributed by atoms with van der Waals surface area (Å²) in [6.45, 7) is 3.60. The average Bonchev–Trinajstić information content (AvgIpc) is 3.23. The van der Waals surface area contributed by atoms with E-state index in [1.54, 1.807) is 0 Å². The lowest BCUT2D eigenvalue weighted by molar-refractivity contribution is -0.121. The highest BCUT2D eigenvalue weighted by Gasteiger charge is 2.17. The number of para-hydroxylation sites is 2. The minimum atomic E-state index is 0.130. The predicted octanol–water partition coefficient (Wildman–Crippen LogP) is 3.03. The summed E-state index contributed by atoms with van der Waals surface area (Å²) >= 11 is 0. The minimum Gasteiger partial charge on any atom is -0.356 e. The Bertz CT molecular complexity index is 921. The number of rotatable bonds is 7. The molecule has 1 amide bonds. The largest absolute Gasteiger partial charge is 0.356 e. The molecule has 1 N–H and O–H groups in total. The van der Waals surface area contributed by atoms with Gasteiger partial charge in [0.25, 0.3) is 0 Å². The van der Waals surface area contributed by atoms with Crippen LogP contribution in [0, 0.1) is 0 Å². The van der Waals surface area contributed by atoms with Gasteiger partial charge in [-0.3, -0.25) is 9.69 Å². The molecule has 1 aliphatic rings. The van der Waals surface area contributed by atoms with Crippen molar-refractivity contribution >= 4 is 16.9 Å². The van der Waals surface area contributed by atoms with Crippen LogP contribution in [-0.4, -0.2) is 33.4 Å². The second-order valence-electron chi connectivity index (χ2n) is 7.26. The molecule has 5 heteroatoms. The Morgan fingerprint density at radius 1 is 1.07 bits per heavy atom. The van der Waals surface area contributed by atoms with Crippen LogP contribution < -0.4 is 5.32 Å². The van der Waals surface area contributed by atoms with Crippen molar-refractivity contribution in [1.82, 2.24) is 19.8 Å². The van der Waals surface area contributed by atoms with Gasteiger partial charge in [0.2, 0.25) is 5.91 Å². The van der Waals surface area contributed by atoms with Gasteiger partial charge in [-0.25, -0.2) is 4.98 Å². The minimum absolute atomic E-state index is 0.130. The van der Waals surface area contributed by atoms with Crippen molar-refractivity contribution in [3.05, 3.63) is 65.5 Å². The van der Waals surface area contributed by atoms with Gasteiger partial charge in [-0.15, -0.1) is 0 Å². The molecule has 3 aromatic rings. The third-order valence-electron chi connectivity index (χ3n) is 5.34. The second-order valence-corrected chi connectivity index (χ2v) is 7.26. The van der Waals surface area contributed by atoms with Crippen LogP contribution >= 0.6 is 0 Å². The van der Waals surface area contributed by atoms with E-state index in [4.69, 9.17) is 0 Å². The van der Waals surface area contributed by atoms with Crippen LogP contribution in [0.1, 0.15) is 29.8 Å². The quantitative estimate of drug-likeness (QED) is 0.703. The number of amides is 1. The lowest BCUT2D eigenvalue weighted by Gasteiger charge is -2.14. The smallest absolute Gasteiger partial charge is 0.220 e. The molecular formula is C22H26N4O. The van der Waals surface area contributed by atoms with E-state index in [1.807, 2.05) is 25.2 Å². The summed E-state index contributed by atoms with van der Waals surface area (Å²) in [4.78, 5) is 19.2. The molecule has 0 fully saturated rings. The van der Waals surface area contributed by atoms with Crippen molar-refractivity contribution in [1.29, 1.82) is 0 Å². The van der Waals surface area contributed by atoms with Crippen LogP contribution in [-0.2, 0) is 31.4 Å². The molecule has 0 spiro atoms.